The van der Waals surface area contributed by atoms with E-state index < -0.39 is 11.7 Å². The van der Waals surface area contributed by atoms with E-state index in [0.717, 1.165) is 27.2 Å². The molecule has 4 heterocycles. The van der Waals surface area contributed by atoms with Gasteiger partial charge in [0.15, 0.2) is 0 Å². The Labute approximate surface area is 200 Å². The lowest BCUT2D eigenvalue weighted by molar-refractivity contribution is -0.0982. The van der Waals surface area contributed by atoms with E-state index in [0.29, 0.717) is 49.6 Å². The van der Waals surface area contributed by atoms with Crippen LogP contribution in [0.15, 0.2) is 36.4 Å². The van der Waals surface area contributed by atoms with Crippen LogP contribution in [0, 0.1) is 6.92 Å². The summed E-state index contributed by atoms with van der Waals surface area (Å²) in [5.74, 6) is 0.555. The zero-order valence-electron chi connectivity index (χ0n) is 18.7. The number of likely N-dealkylation sites (tertiary alicyclic amines) is 1. The highest BCUT2D eigenvalue weighted by molar-refractivity contribution is 7.21. The number of nitrogens with zero attached hydrogens (tertiary/aromatic N) is 2. The number of nitrogens with two attached hydrogens (primary N) is 1. The molecule has 0 radical (unpaired) electrons. The van der Waals surface area contributed by atoms with Gasteiger partial charge < -0.3 is 30.5 Å². The largest absolute Gasteiger partial charge is 0.488 e. The zero-order chi connectivity index (χ0) is 23.9. The number of aromatic nitrogens is 1. The third-order valence-corrected chi connectivity index (χ3v) is 7.38. The van der Waals surface area contributed by atoms with E-state index in [1.54, 1.807) is 0 Å². The summed E-state index contributed by atoms with van der Waals surface area (Å²) in [6, 6.07) is 11.6. The summed E-state index contributed by atoms with van der Waals surface area (Å²) in [4.78, 5) is 30.7. The van der Waals surface area contributed by atoms with Crippen LogP contribution in [-0.2, 0) is 11.2 Å². The van der Waals surface area contributed by atoms with Crippen LogP contribution in [0.1, 0.15) is 27.3 Å². The standard InChI is InChI=1S/C24H26N4O5S/c1-14-2-7-18-19(25)20(34-22(18)27-14)21(29)26-9-8-15-3-5-16(6-4-15)33-17-10-24(32-11-17)12-28(13-24)23(30)31/h2-7,17H,8-13,25H2,1H3,(H,26,29)(H,30,31)/t17-/m0/s1. The van der Waals surface area contributed by atoms with Gasteiger partial charge in [0.05, 0.1) is 25.4 Å². The number of hydrogen-bond donors (Lipinski definition) is 3. The highest BCUT2D eigenvalue weighted by Crippen LogP contribution is 2.36. The molecule has 34 heavy (non-hydrogen) atoms. The number of hydrogen-bond acceptors (Lipinski definition) is 7. The van der Waals surface area contributed by atoms with Gasteiger partial charge in [-0.15, -0.1) is 11.3 Å². The fourth-order valence-corrected chi connectivity index (χ4v) is 5.52. The Kier molecular flexibility index (Phi) is 5.78. The molecular formula is C24H26N4O5S. The second kappa shape index (κ2) is 8.77. The number of benzene rings is 1. The molecule has 2 aliphatic heterocycles. The SMILES string of the molecule is Cc1ccc2c(N)c(C(=O)NCCc3ccc(O[C@@H]4COC5(C4)CN(C(=O)O)C5)cc3)sc2n1. The average molecular weight is 483 g/mol. The Hall–Kier alpha value is -3.37. The van der Waals surface area contributed by atoms with Crippen molar-refractivity contribution in [1.82, 2.24) is 15.2 Å². The molecule has 4 N–H and O–H groups in total. The van der Waals surface area contributed by atoms with Gasteiger partial charge in [-0.25, -0.2) is 9.78 Å². The summed E-state index contributed by atoms with van der Waals surface area (Å²) in [5.41, 5.74) is 8.21. The average Bonchev–Trinajstić information content (AvgIpc) is 3.35. The number of carbonyl (C=O) groups excluding carboxylic acids is 1. The van der Waals surface area contributed by atoms with Gasteiger partial charge in [0.2, 0.25) is 0 Å². The smallest absolute Gasteiger partial charge is 0.407 e. The molecule has 2 amide bonds. The van der Waals surface area contributed by atoms with Gasteiger partial charge in [-0.1, -0.05) is 12.1 Å². The second-order valence-electron chi connectivity index (χ2n) is 8.88. The molecule has 3 aromatic rings. The van der Waals surface area contributed by atoms with Crippen molar-refractivity contribution in [1.29, 1.82) is 0 Å². The predicted molar refractivity (Wildman–Crippen MR) is 129 cm³/mol. The maximum Gasteiger partial charge on any atom is 0.407 e. The molecule has 1 spiro atoms. The minimum Gasteiger partial charge on any atom is -0.488 e. The number of rotatable bonds is 6. The number of fused-ring (bicyclic) bond motifs is 1. The van der Waals surface area contributed by atoms with E-state index >= 15 is 0 Å². The molecule has 9 nitrogen and oxygen atoms in total. The number of aryl methyl sites for hydroxylation is 1. The minimum absolute atomic E-state index is 0.0915. The summed E-state index contributed by atoms with van der Waals surface area (Å²) < 4.78 is 11.9. The first-order valence-corrected chi connectivity index (χ1v) is 11.9. The van der Waals surface area contributed by atoms with Crippen LogP contribution in [0.5, 0.6) is 5.75 Å². The van der Waals surface area contributed by atoms with Crippen LogP contribution in [0.25, 0.3) is 10.2 Å². The van der Waals surface area contributed by atoms with Gasteiger partial charge in [0.25, 0.3) is 5.91 Å². The van der Waals surface area contributed by atoms with Gasteiger partial charge in [0, 0.05) is 24.0 Å². The van der Waals surface area contributed by atoms with Crippen LogP contribution in [-0.4, -0.2) is 64.9 Å². The lowest BCUT2D eigenvalue weighted by Crippen LogP contribution is -2.63. The molecule has 10 heteroatoms. The molecule has 2 aliphatic rings. The summed E-state index contributed by atoms with van der Waals surface area (Å²) in [6.45, 7) is 3.65. The maximum atomic E-state index is 12.6. The molecular weight excluding hydrogens is 456 g/mol. The summed E-state index contributed by atoms with van der Waals surface area (Å²) in [5, 5.41) is 12.8. The van der Waals surface area contributed by atoms with Crippen molar-refractivity contribution in [2.24, 2.45) is 0 Å². The third-order valence-electron chi connectivity index (χ3n) is 6.27. The van der Waals surface area contributed by atoms with Crippen LogP contribution in [0.3, 0.4) is 0 Å². The normalized spacial score (nSPS) is 18.7. The Morgan fingerprint density at radius 3 is 2.79 bits per heavy atom. The number of nitrogens with one attached hydrogen (secondary N) is 1. The van der Waals surface area contributed by atoms with Gasteiger partial charge in [-0.05, 0) is 43.2 Å². The Morgan fingerprint density at radius 1 is 1.29 bits per heavy atom. The molecule has 0 unspecified atom stereocenters. The zero-order valence-corrected chi connectivity index (χ0v) is 19.6. The van der Waals surface area contributed by atoms with Crippen molar-refractivity contribution < 1.29 is 24.2 Å². The van der Waals surface area contributed by atoms with E-state index in [9.17, 15) is 9.59 Å². The lowest BCUT2D eigenvalue weighted by atomic mass is 9.90. The van der Waals surface area contributed by atoms with Crippen LogP contribution in [0.2, 0.25) is 0 Å². The van der Waals surface area contributed by atoms with Gasteiger partial charge in [-0.2, -0.15) is 0 Å². The molecule has 178 valence electrons. The Morgan fingerprint density at radius 2 is 2.06 bits per heavy atom. The highest BCUT2D eigenvalue weighted by Gasteiger charge is 2.52. The number of amides is 2. The van der Waals surface area contributed by atoms with Gasteiger partial charge in [-0.3, -0.25) is 4.79 Å². The molecule has 0 aliphatic carbocycles. The van der Waals surface area contributed by atoms with E-state index in [2.05, 4.69) is 10.3 Å². The van der Waals surface area contributed by atoms with E-state index in [4.69, 9.17) is 20.3 Å². The van der Waals surface area contributed by atoms with E-state index in [1.807, 2.05) is 43.3 Å². The molecule has 1 aromatic carbocycles. The Bertz CT molecular complexity index is 1240. The van der Waals surface area contributed by atoms with Gasteiger partial charge >= 0.3 is 6.09 Å². The molecule has 2 saturated heterocycles. The van der Waals surface area contributed by atoms with Crippen molar-refractivity contribution >= 4 is 39.2 Å². The first-order chi connectivity index (χ1) is 16.3. The first kappa shape index (κ1) is 22.4. The number of ether oxygens (including phenoxy) is 2. The first-order valence-electron chi connectivity index (χ1n) is 11.1. The van der Waals surface area contributed by atoms with Crippen molar-refractivity contribution in [3.63, 3.8) is 0 Å². The number of carboxylic acid groups (broad SMARTS) is 1. The van der Waals surface area contributed by atoms with Crippen LogP contribution >= 0.6 is 11.3 Å². The number of anilines is 1. The van der Waals surface area contributed by atoms with Crippen LogP contribution in [0.4, 0.5) is 10.5 Å². The fraction of sp³-hybridized carbons (Fsp3) is 0.375. The molecule has 1 atom stereocenters. The predicted octanol–water partition coefficient (Wildman–Crippen LogP) is 3.06. The summed E-state index contributed by atoms with van der Waals surface area (Å²) in [7, 11) is 0. The van der Waals surface area contributed by atoms with Crippen LogP contribution < -0.4 is 15.8 Å². The van der Waals surface area contributed by atoms with E-state index in [-0.39, 0.29) is 12.0 Å². The third kappa shape index (κ3) is 4.38. The Balaban J connectivity index is 1.10. The van der Waals surface area contributed by atoms with E-state index in [1.165, 1.54) is 16.2 Å². The monoisotopic (exact) mass is 482 g/mol. The number of carbonyl (C=O) groups is 2. The van der Waals surface area contributed by atoms with Crippen molar-refractivity contribution in [3.05, 3.63) is 52.5 Å². The molecule has 0 bridgehead atoms. The number of thiophene rings is 1. The fourth-order valence-electron chi connectivity index (χ4n) is 4.47. The van der Waals surface area contributed by atoms with Gasteiger partial charge in [0.1, 0.15) is 27.2 Å². The highest BCUT2D eigenvalue weighted by atomic mass is 32.1. The molecule has 2 fully saturated rings. The summed E-state index contributed by atoms with van der Waals surface area (Å²) >= 11 is 1.31. The minimum atomic E-state index is -0.912. The van der Waals surface area contributed by atoms with Crippen molar-refractivity contribution in [3.8, 4) is 5.75 Å². The quantitative estimate of drug-likeness (QED) is 0.493. The summed E-state index contributed by atoms with van der Waals surface area (Å²) in [6.07, 6.45) is 0.353. The number of pyridine rings is 1. The van der Waals surface area contributed by atoms with Crippen molar-refractivity contribution in [2.45, 2.75) is 31.5 Å². The lowest BCUT2D eigenvalue weighted by Gasteiger charge is -2.45. The van der Waals surface area contributed by atoms with Crippen molar-refractivity contribution in [2.75, 3.05) is 32.0 Å². The second-order valence-corrected chi connectivity index (χ2v) is 9.88. The maximum absolute atomic E-state index is 12.6. The molecule has 0 saturated carbocycles. The molecule has 2 aromatic heterocycles. The topological polar surface area (TPSA) is 127 Å². The molecule has 5 rings (SSSR count). The number of nitrogen functional groups attached to an aromatic ring is 1.